The highest BCUT2D eigenvalue weighted by Gasteiger charge is 2.08. The lowest BCUT2D eigenvalue weighted by molar-refractivity contribution is 0.392. The fraction of sp³-hybridized carbons (Fsp3) is 0.176. The minimum atomic E-state index is -0.210. The summed E-state index contributed by atoms with van der Waals surface area (Å²) >= 11 is 0. The standard InChI is InChI=1S/C17H16FN5/c1-23(2)11-13-8-12(4-5-15(13)18)14-9-21-17(22-10-14)16-19-6-3-7-20-16/h3-10H,11H2,1-2H3. The highest BCUT2D eigenvalue weighted by Crippen LogP contribution is 2.22. The van der Waals surface area contributed by atoms with Crippen LogP contribution in [0, 0.1) is 5.82 Å². The molecule has 0 bridgehead atoms. The number of nitrogens with zero attached hydrogens (tertiary/aromatic N) is 5. The van der Waals surface area contributed by atoms with Crippen molar-refractivity contribution in [3.05, 3.63) is 60.4 Å². The van der Waals surface area contributed by atoms with Gasteiger partial charge in [0, 0.05) is 42.5 Å². The summed E-state index contributed by atoms with van der Waals surface area (Å²) in [6.45, 7) is 0.538. The Morgan fingerprint density at radius 3 is 2.22 bits per heavy atom. The minimum absolute atomic E-state index is 0.210. The molecule has 0 N–H and O–H groups in total. The summed E-state index contributed by atoms with van der Waals surface area (Å²) in [5.74, 6) is 0.731. The SMILES string of the molecule is CN(C)Cc1cc(-c2cnc(-c3ncccn3)nc2)ccc1F. The second-order valence-corrected chi connectivity index (χ2v) is 5.41. The average molecular weight is 309 g/mol. The van der Waals surface area contributed by atoms with Crippen LogP contribution in [0.2, 0.25) is 0 Å². The van der Waals surface area contributed by atoms with E-state index in [1.54, 1.807) is 36.9 Å². The first-order valence-corrected chi connectivity index (χ1v) is 7.16. The Bertz CT molecular complexity index is 788. The van der Waals surface area contributed by atoms with Crippen molar-refractivity contribution < 1.29 is 4.39 Å². The second kappa shape index (κ2) is 6.58. The van der Waals surface area contributed by atoms with Gasteiger partial charge in [-0.05, 0) is 37.9 Å². The zero-order chi connectivity index (χ0) is 16.2. The summed E-state index contributed by atoms with van der Waals surface area (Å²) in [4.78, 5) is 18.8. The fourth-order valence-electron chi connectivity index (χ4n) is 2.22. The molecule has 6 heteroatoms. The number of halogens is 1. The molecule has 0 spiro atoms. The Hall–Kier alpha value is -2.73. The van der Waals surface area contributed by atoms with Crippen LogP contribution >= 0.6 is 0 Å². The number of hydrogen-bond donors (Lipinski definition) is 0. The van der Waals surface area contributed by atoms with Gasteiger partial charge in [0.2, 0.25) is 0 Å². The summed E-state index contributed by atoms with van der Waals surface area (Å²) < 4.78 is 13.9. The van der Waals surface area contributed by atoms with Crippen LogP contribution in [0.3, 0.4) is 0 Å². The van der Waals surface area contributed by atoms with Gasteiger partial charge in [0.15, 0.2) is 11.6 Å². The fourth-order valence-corrected chi connectivity index (χ4v) is 2.22. The molecule has 3 rings (SSSR count). The van der Waals surface area contributed by atoms with Crippen molar-refractivity contribution in [3.8, 4) is 22.8 Å². The van der Waals surface area contributed by atoms with E-state index in [9.17, 15) is 4.39 Å². The molecule has 2 heterocycles. The summed E-state index contributed by atoms with van der Waals surface area (Å²) in [6, 6.07) is 6.77. The molecule has 0 aliphatic carbocycles. The smallest absolute Gasteiger partial charge is 0.197 e. The molecular weight excluding hydrogens is 293 g/mol. The maximum Gasteiger partial charge on any atom is 0.197 e. The molecule has 23 heavy (non-hydrogen) atoms. The maximum absolute atomic E-state index is 13.9. The van der Waals surface area contributed by atoms with E-state index < -0.39 is 0 Å². The van der Waals surface area contributed by atoms with Crippen LogP contribution in [0.25, 0.3) is 22.8 Å². The van der Waals surface area contributed by atoms with Gasteiger partial charge in [-0.25, -0.2) is 24.3 Å². The predicted octanol–water partition coefficient (Wildman–Crippen LogP) is 2.80. The third-order valence-electron chi connectivity index (χ3n) is 3.28. The Morgan fingerprint density at radius 2 is 1.57 bits per heavy atom. The average Bonchev–Trinajstić information content (AvgIpc) is 2.57. The van der Waals surface area contributed by atoms with Gasteiger partial charge in [-0.3, -0.25) is 0 Å². The van der Waals surface area contributed by atoms with Gasteiger partial charge in [-0.2, -0.15) is 0 Å². The molecule has 5 nitrogen and oxygen atoms in total. The van der Waals surface area contributed by atoms with Crippen LogP contribution in [-0.2, 0) is 6.54 Å². The van der Waals surface area contributed by atoms with E-state index in [-0.39, 0.29) is 5.82 Å². The van der Waals surface area contributed by atoms with Crippen molar-refractivity contribution in [1.82, 2.24) is 24.8 Å². The van der Waals surface area contributed by atoms with E-state index in [1.165, 1.54) is 6.07 Å². The van der Waals surface area contributed by atoms with Crippen molar-refractivity contribution >= 4 is 0 Å². The molecular formula is C17H16FN5. The number of rotatable bonds is 4. The van der Waals surface area contributed by atoms with Crippen molar-refractivity contribution in [2.45, 2.75) is 6.54 Å². The molecule has 116 valence electrons. The zero-order valence-corrected chi connectivity index (χ0v) is 12.9. The molecule has 0 fully saturated rings. The molecule has 0 saturated carbocycles. The molecule has 0 saturated heterocycles. The molecule has 0 radical (unpaired) electrons. The maximum atomic E-state index is 13.9. The van der Waals surface area contributed by atoms with Gasteiger partial charge in [0.25, 0.3) is 0 Å². The van der Waals surface area contributed by atoms with Crippen LogP contribution in [0.4, 0.5) is 4.39 Å². The topological polar surface area (TPSA) is 54.8 Å². The van der Waals surface area contributed by atoms with Gasteiger partial charge in [-0.15, -0.1) is 0 Å². The molecule has 0 unspecified atom stereocenters. The third kappa shape index (κ3) is 3.54. The lowest BCUT2D eigenvalue weighted by Crippen LogP contribution is -2.12. The van der Waals surface area contributed by atoms with Gasteiger partial charge in [-0.1, -0.05) is 6.07 Å². The summed E-state index contributed by atoms with van der Waals surface area (Å²) in [6.07, 6.45) is 6.69. The highest BCUT2D eigenvalue weighted by molar-refractivity contribution is 5.63. The Labute approximate surface area is 133 Å². The summed E-state index contributed by atoms with van der Waals surface area (Å²) in [7, 11) is 3.81. The number of hydrogen-bond acceptors (Lipinski definition) is 5. The normalized spacial score (nSPS) is 11.0. The monoisotopic (exact) mass is 309 g/mol. The quantitative estimate of drug-likeness (QED) is 0.742. The molecule has 0 aliphatic rings. The second-order valence-electron chi connectivity index (χ2n) is 5.41. The molecule has 0 amide bonds. The van der Waals surface area contributed by atoms with E-state index >= 15 is 0 Å². The van der Waals surface area contributed by atoms with Crippen molar-refractivity contribution in [1.29, 1.82) is 0 Å². The van der Waals surface area contributed by atoms with E-state index in [4.69, 9.17) is 0 Å². The molecule has 0 aliphatic heterocycles. The van der Waals surface area contributed by atoms with Gasteiger partial charge < -0.3 is 4.90 Å². The van der Waals surface area contributed by atoms with Gasteiger partial charge in [0.05, 0.1) is 0 Å². The van der Waals surface area contributed by atoms with Gasteiger partial charge in [0.1, 0.15) is 5.82 Å². The molecule has 3 aromatic rings. The van der Waals surface area contributed by atoms with E-state index in [0.29, 0.717) is 23.8 Å². The first-order valence-electron chi connectivity index (χ1n) is 7.16. The Kier molecular flexibility index (Phi) is 4.34. The first-order chi connectivity index (χ1) is 11.1. The third-order valence-corrected chi connectivity index (χ3v) is 3.28. The van der Waals surface area contributed by atoms with Crippen molar-refractivity contribution in [2.75, 3.05) is 14.1 Å². The van der Waals surface area contributed by atoms with Crippen LogP contribution in [0.5, 0.6) is 0 Å². The largest absolute Gasteiger partial charge is 0.305 e. The molecule has 0 atom stereocenters. The highest BCUT2D eigenvalue weighted by atomic mass is 19.1. The summed E-state index contributed by atoms with van der Waals surface area (Å²) in [5, 5.41) is 0. The number of benzene rings is 1. The van der Waals surface area contributed by atoms with Crippen LogP contribution < -0.4 is 0 Å². The minimum Gasteiger partial charge on any atom is -0.305 e. The van der Waals surface area contributed by atoms with Crippen molar-refractivity contribution in [3.63, 3.8) is 0 Å². The van der Waals surface area contributed by atoms with Gasteiger partial charge >= 0.3 is 0 Å². The zero-order valence-electron chi connectivity index (χ0n) is 12.9. The van der Waals surface area contributed by atoms with Crippen molar-refractivity contribution in [2.24, 2.45) is 0 Å². The van der Waals surface area contributed by atoms with Crippen LogP contribution in [-0.4, -0.2) is 38.9 Å². The van der Waals surface area contributed by atoms with E-state index in [0.717, 1.165) is 11.1 Å². The van der Waals surface area contributed by atoms with E-state index in [1.807, 2.05) is 25.1 Å². The van der Waals surface area contributed by atoms with Crippen LogP contribution in [0.15, 0.2) is 49.1 Å². The van der Waals surface area contributed by atoms with E-state index in [2.05, 4.69) is 19.9 Å². The molecule has 2 aromatic heterocycles. The first kappa shape index (κ1) is 15.2. The summed E-state index contributed by atoms with van der Waals surface area (Å²) in [5.41, 5.74) is 2.34. The van der Waals surface area contributed by atoms with Crippen LogP contribution in [0.1, 0.15) is 5.56 Å². The lowest BCUT2D eigenvalue weighted by atomic mass is 10.1. The lowest BCUT2D eigenvalue weighted by Gasteiger charge is -2.12. The molecule has 1 aromatic carbocycles. The number of aromatic nitrogens is 4. The Balaban J connectivity index is 1.90. The predicted molar refractivity (Wildman–Crippen MR) is 85.8 cm³/mol. The Morgan fingerprint density at radius 1 is 0.913 bits per heavy atom.